The van der Waals surface area contributed by atoms with Gasteiger partial charge in [0.15, 0.2) is 6.61 Å². The van der Waals surface area contributed by atoms with Gasteiger partial charge in [0.05, 0.1) is 18.1 Å². The van der Waals surface area contributed by atoms with Crippen LogP contribution in [0.25, 0.3) is 0 Å². The number of rotatable bonds is 7. The Hall–Kier alpha value is -2.90. The molecule has 1 aromatic rings. The zero-order valence-electron chi connectivity index (χ0n) is 16.5. The highest BCUT2D eigenvalue weighted by molar-refractivity contribution is 5.96. The Morgan fingerprint density at radius 3 is 2.41 bits per heavy atom. The van der Waals surface area contributed by atoms with Gasteiger partial charge >= 0.3 is 11.9 Å². The number of hydrogen-bond acceptors (Lipinski definition) is 6. The Morgan fingerprint density at radius 1 is 1.03 bits per heavy atom. The van der Waals surface area contributed by atoms with Crippen LogP contribution in [-0.2, 0) is 23.9 Å². The van der Waals surface area contributed by atoms with E-state index in [0.29, 0.717) is 38.2 Å². The summed E-state index contributed by atoms with van der Waals surface area (Å²) >= 11 is 0. The molecule has 1 saturated heterocycles. The molecule has 0 spiro atoms. The molecule has 1 aromatic carbocycles. The second-order valence-corrected chi connectivity index (χ2v) is 7.33. The van der Waals surface area contributed by atoms with Gasteiger partial charge in [-0.05, 0) is 50.8 Å². The Morgan fingerprint density at radius 2 is 1.76 bits per heavy atom. The minimum Gasteiger partial charge on any atom is -0.466 e. The van der Waals surface area contributed by atoms with Gasteiger partial charge in [-0.25, -0.2) is 4.79 Å². The monoisotopic (exact) mass is 402 g/mol. The summed E-state index contributed by atoms with van der Waals surface area (Å²) in [6, 6.07) is 6.47. The molecule has 1 N–H and O–H groups in total. The van der Waals surface area contributed by atoms with E-state index in [9.17, 15) is 19.2 Å². The van der Waals surface area contributed by atoms with E-state index in [-0.39, 0.29) is 41.8 Å². The summed E-state index contributed by atoms with van der Waals surface area (Å²) in [5, 5.41) is 2.78. The van der Waals surface area contributed by atoms with Crippen LogP contribution in [0.15, 0.2) is 24.3 Å². The summed E-state index contributed by atoms with van der Waals surface area (Å²) in [4.78, 5) is 49.8. The van der Waals surface area contributed by atoms with E-state index in [1.807, 2.05) is 0 Å². The second kappa shape index (κ2) is 9.54. The maximum atomic E-state index is 12.3. The molecule has 8 nitrogen and oxygen atoms in total. The van der Waals surface area contributed by atoms with Crippen LogP contribution < -0.4 is 5.32 Å². The van der Waals surface area contributed by atoms with Gasteiger partial charge in [-0.1, -0.05) is 6.07 Å². The molecule has 2 amide bonds. The third kappa shape index (κ3) is 5.79. The molecule has 0 bridgehead atoms. The van der Waals surface area contributed by atoms with Gasteiger partial charge in [-0.2, -0.15) is 0 Å². The van der Waals surface area contributed by atoms with Gasteiger partial charge in [0.25, 0.3) is 5.91 Å². The molecule has 0 radical (unpaired) electrons. The molecule has 1 saturated carbocycles. The lowest BCUT2D eigenvalue weighted by Gasteiger charge is -2.30. The zero-order chi connectivity index (χ0) is 20.8. The van der Waals surface area contributed by atoms with Crippen LogP contribution in [0.4, 0.5) is 5.69 Å². The summed E-state index contributed by atoms with van der Waals surface area (Å²) in [7, 11) is 0. The molecule has 1 heterocycles. The Labute approximate surface area is 169 Å². The highest BCUT2D eigenvalue weighted by Crippen LogP contribution is 2.30. The molecule has 29 heavy (non-hydrogen) atoms. The Balaban J connectivity index is 1.45. The number of hydrogen-bond donors (Lipinski definition) is 1. The summed E-state index contributed by atoms with van der Waals surface area (Å²) in [5.41, 5.74) is 0.802. The molecule has 3 rings (SSSR count). The number of nitrogens with zero attached hydrogens (tertiary/aromatic N) is 1. The number of carbonyl (C=O) groups is 4. The van der Waals surface area contributed by atoms with Gasteiger partial charge in [0, 0.05) is 24.7 Å². The van der Waals surface area contributed by atoms with Gasteiger partial charge in [-0.3, -0.25) is 14.4 Å². The first-order valence-electron chi connectivity index (χ1n) is 10.0. The lowest BCUT2D eigenvalue weighted by Crippen LogP contribution is -2.42. The number of likely N-dealkylation sites (tertiary alicyclic amines) is 1. The lowest BCUT2D eigenvalue weighted by atomic mass is 9.97. The SMILES string of the molecule is CCOC(=O)C1CCN(C(=O)COC(=O)c2cccc(NC(=O)C3CC3)c2)CC1. The minimum absolute atomic E-state index is 0.0445. The third-order valence-corrected chi connectivity index (χ3v) is 5.11. The first kappa shape index (κ1) is 20.8. The maximum absolute atomic E-state index is 12.3. The van der Waals surface area contributed by atoms with Gasteiger partial charge in [-0.15, -0.1) is 0 Å². The quantitative estimate of drug-likeness (QED) is 0.700. The van der Waals surface area contributed by atoms with E-state index in [2.05, 4.69) is 5.32 Å². The molecule has 1 aliphatic heterocycles. The van der Waals surface area contributed by atoms with Crippen molar-refractivity contribution in [2.24, 2.45) is 11.8 Å². The van der Waals surface area contributed by atoms with Crippen molar-refractivity contribution in [2.45, 2.75) is 32.6 Å². The largest absolute Gasteiger partial charge is 0.466 e. The Kier molecular flexibility index (Phi) is 6.85. The van der Waals surface area contributed by atoms with Crippen molar-refractivity contribution in [3.63, 3.8) is 0 Å². The number of amides is 2. The van der Waals surface area contributed by atoms with Crippen LogP contribution in [0.1, 0.15) is 43.0 Å². The molecule has 0 atom stereocenters. The smallest absolute Gasteiger partial charge is 0.338 e. The average molecular weight is 402 g/mol. The van der Waals surface area contributed by atoms with Crippen molar-refractivity contribution in [3.8, 4) is 0 Å². The fraction of sp³-hybridized carbons (Fsp3) is 0.524. The maximum Gasteiger partial charge on any atom is 0.338 e. The molecule has 2 aliphatic rings. The van der Waals surface area contributed by atoms with E-state index in [4.69, 9.17) is 9.47 Å². The molecular weight excluding hydrogens is 376 g/mol. The lowest BCUT2D eigenvalue weighted by molar-refractivity contribution is -0.151. The van der Waals surface area contributed by atoms with Crippen molar-refractivity contribution in [2.75, 3.05) is 31.6 Å². The van der Waals surface area contributed by atoms with Crippen LogP contribution in [0, 0.1) is 11.8 Å². The topological polar surface area (TPSA) is 102 Å². The second-order valence-electron chi connectivity index (χ2n) is 7.33. The van der Waals surface area contributed by atoms with Gasteiger partial charge in [0.2, 0.25) is 5.91 Å². The Bertz CT molecular complexity index is 781. The van der Waals surface area contributed by atoms with E-state index in [1.165, 1.54) is 6.07 Å². The fourth-order valence-electron chi connectivity index (χ4n) is 3.24. The molecule has 156 valence electrons. The molecule has 8 heteroatoms. The highest BCUT2D eigenvalue weighted by Gasteiger charge is 2.30. The zero-order valence-corrected chi connectivity index (χ0v) is 16.5. The molecular formula is C21H26N2O6. The first-order chi connectivity index (χ1) is 14.0. The predicted octanol–water partition coefficient (Wildman–Crippen LogP) is 1.99. The number of nitrogens with one attached hydrogen (secondary N) is 1. The van der Waals surface area contributed by atoms with Crippen molar-refractivity contribution in [1.82, 2.24) is 4.90 Å². The van der Waals surface area contributed by atoms with E-state index in [0.717, 1.165) is 12.8 Å². The average Bonchev–Trinajstić information content (AvgIpc) is 3.58. The summed E-state index contributed by atoms with van der Waals surface area (Å²) < 4.78 is 10.2. The third-order valence-electron chi connectivity index (χ3n) is 5.11. The van der Waals surface area contributed by atoms with Crippen LogP contribution in [0.2, 0.25) is 0 Å². The van der Waals surface area contributed by atoms with E-state index < -0.39 is 5.97 Å². The molecule has 0 aromatic heterocycles. The van der Waals surface area contributed by atoms with Crippen molar-refractivity contribution < 1.29 is 28.7 Å². The van der Waals surface area contributed by atoms with E-state index in [1.54, 1.807) is 30.0 Å². The number of anilines is 1. The number of benzene rings is 1. The number of ether oxygens (including phenoxy) is 2. The highest BCUT2D eigenvalue weighted by atomic mass is 16.5. The van der Waals surface area contributed by atoms with Crippen LogP contribution in [0.5, 0.6) is 0 Å². The van der Waals surface area contributed by atoms with Crippen molar-refractivity contribution >= 4 is 29.4 Å². The molecule has 0 unspecified atom stereocenters. The van der Waals surface area contributed by atoms with Gasteiger partial charge in [0.1, 0.15) is 0 Å². The minimum atomic E-state index is -0.623. The molecule has 1 aliphatic carbocycles. The van der Waals surface area contributed by atoms with Crippen molar-refractivity contribution in [1.29, 1.82) is 0 Å². The van der Waals surface area contributed by atoms with Crippen LogP contribution in [-0.4, -0.2) is 55.0 Å². The number of carbonyl (C=O) groups excluding carboxylic acids is 4. The summed E-state index contributed by atoms with van der Waals surface area (Å²) in [5.74, 6) is -1.30. The fourth-order valence-corrected chi connectivity index (χ4v) is 3.24. The van der Waals surface area contributed by atoms with Crippen LogP contribution >= 0.6 is 0 Å². The van der Waals surface area contributed by atoms with Crippen molar-refractivity contribution in [3.05, 3.63) is 29.8 Å². The summed E-state index contributed by atoms with van der Waals surface area (Å²) in [6.07, 6.45) is 2.88. The normalized spacial score (nSPS) is 16.8. The van der Waals surface area contributed by atoms with Gasteiger partial charge < -0.3 is 19.7 Å². The number of esters is 2. The van der Waals surface area contributed by atoms with E-state index >= 15 is 0 Å². The standard InChI is InChI=1S/C21H26N2O6/c1-2-28-20(26)15-8-10-23(11-9-15)18(24)13-29-21(27)16-4-3-5-17(12-16)22-19(25)14-6-7-14/h3-5,12,14-15H,2,6-11,13H2,1H3,(H,22,25). The first-order valence-corrected chi connectivity index (χ1v) is 10.0. The van der Waals surface area contributed by atoms with Crippen LogP contribution in [0.3, 0.4) is 0 Å². The molecule has 2 fully saturated rings. The number of piperidine rings is 1. The summed E-state index contributed by atoms with van der Waals surface area (Å²) in [6.45, 7) is 2.62. The predicted molar refractivity (Wildman–Crippen MR) is 104 cm³/mol.